The summed E-state index contributed by atoms with van der Waals surface area (Å²) in [6, 6.07) is 73.1. The first-order valence-corrected chi connectivity index (χ1v) is 20.9. The van der Waals surface area contributed by atoms with E-state index in [2.05, 4.69) is 181 Å². The van der Waals surface area contributed by atoms with E-state index in [-0.39, 0.29) is 0 Å². The summed E-state index contributed by atoms with van der Waals surface area (Å²) in [6.07, 6.45) is 0. The molecule has 0 fully saturated rings. The highest BCUT2D eigenvalue weighted by molar-refractivity contribution is 6.13. The lowest BCUT2D eigenvalue weighted by Crippen LogP contribution is -2.05. The number of nitrogens with zero attached hydrogens (tertiary/aromatic N) is 4. The largest absolute Gasteiger partial charge is 0.309 e. The summed E-state index contributed by atoms with van der Waals surface area (Å²) in [5.41, 5.74) is 17.5. The van der Waals surface area contributed by atoms with Crippen molar-refractivity contribution < 1.29 is 0 Å². The third-order valence-corrected chi connectivity index (χ3v) is 12.3. The summed E-state index contributed by atoms with van der Waals surface area (Å²) in [5, 5.41) is 26.0. The summed E-state index contributed by atoms with van der Waals surface area (Å²) in [7, 11) is 0. The Hall–Kier alpha value is -8.44. The molecule has 0 unspecified atom stereocenters. The van der Waals surface area contributed by atoms with Crippen LogP contribution in [0.15, 0.2) is 194 Å². The van der Waals surface area contributed by atoms with Crippen molar-refractivity contribution in [1.82, 2.24) is 9.13 Å². The Balaban J connectivity index is 1.35. The molecular formula is C58H38N4. The Morgan fingerprint density at radius 2 is 0.726 bits per heavy atom. The Morgan fingerprint density at radius 3 is 1.16 bits per heavy atom. The van der Waals surface area contributed by atoms with Crippen LogP contribution >= 0.6 is 0 Å². The Kier molecular flexibility index (Phi) is 8.67. The van der Waals surface area contributed by atoms with Gasteiger partial charge in [0.15, 0.2) is 0 Å². The first kappa shape index (κ1) is 36.6. The molecule has 0 saturated heterocycles. The van der Waals surface area contributed by atoms with Crippen molar-refractivity contribution in [3.05, 3.63) is 216 Å². The van der Waals surface area contributed by atoms with Crippen LogP contribution in [0.25, 0.3) is 99.5 Å². The molecular weight excluding hydrogens is 753 g/mol. The van der Waals surface area contributed by atoms with Gasteiger partial charge in [-0.15, -0.1) is 0 Å². The molecule has 11 aromatic rings. The Bertz CT molecular complexity index is 3510. The summed E-state index contributed by atoms with van der Waals surface area (Å²) < 4.78 is 4.73. The maximum atomic E-state index is 10.8. The van der Waals surface area contributed by atoms with Crippen LogP contribution in [-0.2, 0) is 0 Å². The van der Waals surface area contributed by atoms with Crippen LogP contribution in [0.2, 0.25) is 0 Å². The molecule has 0 N–H and O–H groups in total. The average molecular weight is 791 g/mol. The fourth-order valence-corrected chi connectivity index (χ4v) is 9.42. The smallest absolute Gasteiger partial charge is 0.0998 e. The molecule has 290 valence electrons. The second-order valence-electron chi connectivity index (χ2n) is 16.1. The van der Waals surface area contributed by atoms with Crippen LogP contribution < -0.4 is 0 Å². The summed E-state index contributed by atoms with van der Waals surface area (Å²) in [4.78, 5) is 0. The van der Waals surface area contributed by atoms with Crippen molar-refractivity contribution in [3.8, 4) is 68.0 Å². The van der Waals surface area contributed by atoms with Gasteiger partial charge in [-0.2, -0.15) is 10.5 Å². The zero-order chi connectivity index (χ0) is 41.9. The maximum absolute atomic E-state index is 10.8. The number of fused-ring (bicyclic) bond motifs is 6. The Morgan fingerprint density at radius 1 is 0.323 bits per heavy atom. The van der Waals surface area contributed by atoms with E-state index in [0.717, 1.165) is 99.5 Å². The molecule has 62 heavy (non-hydrogen) atoms. The maximum Gasteiger partial charge on any atom is 0.0998 e. The van der Waals surface area contributed by atoms with Crippen LogP contribution in [0.1, 0.15) is 22.3 Å². The lowest BCUT2D eigenvalue weighted by atomic mass is 9.91. The number of aromatic nitrogens is 2. The molecule has 2 aromatic heterocycles. The summed E-state index contributed by atoms with van der Waals surface area (Å²) in [6.45, 7) is 4.27. The highest BCUT2D eigenvalue weighted by Gasteiger charge is 2.25. The van der Waals surface area contributed by atoms with Gasteiger partial charge in [-0.05, 0) is 96.8 Å². The van der Waals surface area contributed by atoms with Crippen molar-refractivity contribution >= 4 is 43.6 Å². The van der Waals surface area contributed by atoms with Gasteiger partial charge in [-0.25, -0.2) is 0 Å². The molecule has 0 atom stereocenters. The molecule has 0 bridgehead atoms. The number of hydrogen-bond donors (Lipinski definition) is 0. The normalized spacial score (nSPS) is 11.4. The molecule has 9 aromatic carbocycles. The minimum absolute atomic E-state index is 0.578. The van der Waals surface area contributed by atoms with Crippen LogP contribution in [0, 0.1) is 36.5 Å². The predicted molar refractivity (Wildman–Crippen MR) is 256 cm³/mol. The van der Waals surface area contributed by atoms with E-state index >= 15 is 0 Å². The van der Waals surface area contributed by atoms with Crippen LogP contribution in [0.5, 0.6) is 0 Å². The van der Waals surface area contributed by atoms with Crippen molar-refractivity contribution in [2.45, 2.75) is 13.8 Å². The zero-order valence-corrected chi connectivity index (χ0v) is 34.3. The van der Waals surface area contributed by atoms with Crippen molar-refractivity contribution in [1.29, 1.82) is 10.5 Å². The second kappa shape index (κ2) is 14.7. The van der Waals surface area contributed by atoms with Crippen LogP contribution in [0.3, 0.4) is 0 Å². The quantitative estimate of drug-likeness (QED) is 0.168. The molecule has 0 spiro atoms. The molecule has 2 heterocycles. The monoisotopic (exact) mass is 790 g/mol. The van der Waals surface area contributed by atoms with Gasteiger partial charge in [0.05, 0.1) is 56.7 Å². The number of benzene rings is 9. The van der Waals surface area contributed by atoms with Gasteiger partial charge in [0.25, 0.3) is 0 Å². The second-order valence-corrected chi connectivity index (χ2v) is 16.1. The fraction of sp³-hybridized carbons (Fsp3) is 0.0345. The van der Waals surface area contributed by atoms with E-state index in [9.17, 15) is 10.5 Å². The molecule has 4 heteroatoms. The van der Waals surface area contributed by atoms with Gasteiger partial charge in [0.2, 0.25) is 0 Å². The van der Waals surface area contributed by atoms with Crippen LogP contribution in [-0.4, -0.2) is 9.13 Å². The Labute approximate surface area is 360 Å². The standard InChI is InChI=1S/C58H38N4/c1-37-21-27-53-49(29-37)50-30-38(2)22-28-54(50)61(53)57-33-52(46-20-12-10-18-44(46)36-60)58(34-51(57)45-19-11-9-17-43(45)35-59)62-55-31-41(39-13-5-3-6-14-39)23-25-47(55)48-26-24-42(32-56(48)62)40-15-7-4-8-16-40/h3-34H,1-2H3. The molecule has 0 aliphatic carbocycles. The van der Waals surface area contributed by atoms with Gasteiger partial charge >= 0.3 is 0 Å². The van der Waals surface area contributed by atoms with Crippen molar-refractivity contribution in [2.24, 2.45) is 0 Å². The topological polar surface area (TPSA) is 57.4 Å². The molecule has 11 rings (SSSR count). The highest BCUT2D eigenvalue weighted by Crippen LogP contribution is 2.45. The van der Waals surface area contributed by atoms with Gasteiger partial charge in [0.1, 0.15) is 0 Å². The van der Waals surface area contributed by atoms with Gasteiger partial charge in [0, 0.05) is 43.8 Å². The van der Waals surface area contributed by atoms with E-state index in [1.54, 1.807) is 0 Å². The van der Waals surface area contributed by atoms with E-state index in [4.69, 9.17) is 0 Å². The molecule has 0 aliphatic rings. The highest BCUT2D eigenvalue weighted by atomic mass is 15.0. The third kappa shape index (κ3) is 5.89. The summed E-state index contributed by atoms with van der Waals surface area (Å²) >= 11 is 0. The first-order chi connectivity index (χ1) is 30.5. The number of hydrogen-bond acceptors (Lipinski definition) is 2. The number of rotatable bonds is 6. The third-order valence-electron chi connectivity index (χ3n) is 12.3. The molecule has 4 nitrogen and oxygen atoms in total. The number of nitriles is 2. The predicted octanol–water partition coefficient (Wildman–Crippen LogP) is 14.9. The number of aryl methyl sites for hydroxylation is 2. The fourth-order valence-electron chi connectivity index (χ4n) is 9.42. The SMILES string of the molecule is Cc1ccc2c(c1)c1cc(C)ccc1n2-c1cc(-c2ccccc2C#N)c(-n2c3cc(-c4ccccc4)ccc3c3ccc(-c4ccccc4)cc32)cc1-c1ccccc1C#N. The minimum atomic E-state index is 0.578. The van der Waals surface area contributed by atoms with Crippen molar-refractivity contribution in [3.63, 3.8) is 0 Å². The molecule has 0 saturated carbocycles. The van der Waals surface area contributed by atoms with Gasteiger partial charge in [-0.1, -0.05) is 145 Å². The van der Waals surface area contributed by atoms with Gasteiger partial charge in [-0.3, -0.25) is 0 Å². The minimum Gasteiger partial charge on any atom is -0.309 e. The average Bonchev–Trinajstić information content (AvgIpc) is 3.82. The van der Waals surface area contributed by atoms with E-state index in [0.29, 0.717) is 11.1 Å². The van der Waals surface area contributed by atoms with Crippen molar-refractivity contribution in [2.75, 3.05) is 0 Å². The first-order valence-electron chi connectivity index (χ1n) is 20.9. The molecule has 0 amide bonds. The molecule has 0 aliphatic heterocycles. The van der Waals surface area contributed by atoms with E-state index < -0.39 is 0 Å². The van der Waals surface area contributed by atoms with Gasteiger partial charge < -0.3 is 9.13 Å². The summed E-state index contributed by atoms with van der Waals surface area (Å²) in [5.74, 6) is 0. The van der Waals surface area contributed by atoms with E-state index in [1.165, 1.54) is 11.1 Å². The zero-order valence-electron chi connectivity index (χ0n) is 34.3. The lowest BCUT2D eigenvalue weighted by Gasteiger charge is -2.22. The lowest BCUT2D eigenvalue weighted by molar-refractivity contribution is 1.15. The van der Waals surface area contributed by atoms with E-state index in [1.807, 2.05) is 48.5 Å². The van der Waals surface area contributed by atoms with Crippen LogP contribution in [0.4, 0.5) is 0 Å². The molecule has 0 radical (unpaired) electrons.